The van der Waals surface area contributed by atoms with E-state index in [1.165, 1.54) is 12.1 Å². The third-order valence-electron chi connectivity index (χ3n) is 3.58. The van der Waals surface area contributed by atoms with E-state index < -0.39 is 18.6 Å². The number of nitrogens with one attached hydrogen (secondary N) is 1. The minimum atomic E-state index is -4.41. The summed E-state index contributed by atoms with van der Waals surface area (Å²) in [5.41, 5.74) is 1.44. The molecule has 112 valence electrons. The average Bonchev–Trinajstić information content (AvgIpc) is 3.15. The predicted octanol–water partition coefficient (Wildman–Crippen LogP) is 2.35. The highest BCUT2D eigenvalue weighted by Gasteiger charge is 2.41. The molecule has 0 spiro atoms. The van der Waals surface area contributed by atoms with Crippen molar-refractivity contribution in [3.05, 3.63) is 29.3 Å². The van der Waals surface area contributed by atoms with Gasteiger partial charge in [0.2, 0.25) is 5.91 Å². The van der Waals surface area contributed by atoms with Gasteiger partial charge in [0.15, 0.2) is 0 Å². The number of nitrogens with zero attached hydrogens (tertiary/aromatic N) is 1. The molecule has 0 bridgehead atoms. The topological polar surface area (TPSA) is 49.4 Å². The summed E-state index contributed by atoms with van der Waals surface area (Å²) in [6.45, 7) is -1.24. The maximum absolute atomic E-state index is 12.6. The van der Waals surface area contributed by atoms with Crippen molar-refractivity contribution in [2.45, 2.75) is 31.5 Å². The van der Waals surface area contributed by atoms with Crippen LogP contribution in [0.1, 0.15) is 28.8 Å². The maximum atomic E-state index is 12.6. The molecule has 7 heteroatoms. The van der Waals surface area contributed by atoms with Gasteiger partial charge in [-0.1, -0.05) is 6.07 Å². The molecule has 3 rings (SSSR count). The summed E-state index contributed by atoms with van der Waals surface area (Å²) in [4.78, 5) is 24.4. The Bertz CT molecular complexity index is 609. The van der Waals surface area contributed by atoms with E-state index in [0.29, 0.717) is 18.5 Å². The molecule has 2 aliphatic rings. The Hall–Kier alpha value is -2.05. The van der Waals surface area contributed by atoms with Crippen LogP contribution in [0.5, 0.6) is 0 Å². The van der Waals surface area contributed by atoms with Crippen LogP contribution in [0.25, 0.3) is 0 Å². The van der Waals surface area contributed by atoms with Crippen molar-refractivity contribution in [2.24, 2.45) is 0 Å². The summed E-state index contributed by atoms with van der Waals surface area (Å²) in [6.07, 6.45) is -2.98. The highest BCUT2D eigenvalue weighted by Crippen LogP contribution is 2.32. The minimum Gasteiger partial charge on any atom is -0.327 e. The lowest BCUT2D eigenvalue weighted by Crippen LogP contribution is -2.40. The molecule has 1 fully saturated rings. The van der Waals surface area contributed by atoms with Gasteiger partial charge in [-0.2, -0.15) is 13.2 Å². The number of hydrogen-bond donors (Lipinski definition) is 1. The number of halogens is 3. The number of hydrogen-bond acceptors (Lipinski definition) is 2. The zero-order valence-corrected chi connectivity index (χ0v) is 11.0. The number of fused-ring (bicyclic) bond motifs is 1. The van der Waals surface area contributed by atoms with Gasteiger partial charge in [-0.25, -0.2) is 0 Å². The van der Waals surface area contributed by atoms with Crippen LogP contribution in [0.15, 0.2) is 18.2 Å². The van der Waals surface area contributed by atoms with Crippen LogP contribution in [0, 0.1) is 0 Å². The van der Waals surface area contributed by atoms with Crippen LogP contribution in [-0.4, -0.2) is 35.5 Å². The fraction of sp³-hybridized carbons (Fsp3) is 0.429. The number of anilines is 1. The van der Waals surface area contributed by atoms with Gasteiger partial charge in [-0.15, -0.1) is 0 Å². The molecular weight excluding hydrogens is 285 g/mol. The van der Waals surface area contributed by atoms with Crippen LogP contribution in [0.2, 0.25) is 0 Å². The SMILES string of the molecule is O=C1Cc2ccc(C(=O)N(CC(F)(F)F)C3CC3)cc2N1. The zero-order valence-electron chi connectivity index (χ0n) is 11.0. The molecule has 1 aliphatic heterocycles. The predicted molar refractivity (Wildman–Crippen MR) is 68.9 cm³/mol. The third-order valence-corrected chi connectivity index (χ3v) is 3.58. The second-order valence-electron chi connectivity index (χ2n) is 5.38. The molecule has 1 saturated carbocycles. The molecule has 1 aromatic carbocycles. The molecule has 1 aliphatic carbocycles. The minimum absolute atomic E-state index is 0.173. The van der Waals surface area contributed by atoms with Gasteiger partial charge in [0.25, 0.3) is 5.91 Å². The maximum Gasteiger partial charge on any atom is 0.406 e. The largest absolute Gasteiger partial charge is 0.406 e. The quantitative estimate of drug-likeness (QED) is 0.931. The highest BCUT2D eigenvalue weighted by molar-refractivity contribution is 6.02. The van der Waals surface area contributed by atoms with Crippen molar-refractivity contribution in [3.63, 3.8) is 0 Å². The summed E-state index contributed by atoms with van der Waals surface area (Å²) in [5, 5.41) is 2.59. The smallest absolute Gasteiger partial charge is 0.327 e. The van der Waals surface area contributed by atoms with Crippen LogP contribution < -0.4 is 5.32 Å². The standard InChI is InChI=1S/C14H13F3N2O2/c15-14(16,17)7-19(10-3-4-10)13(21)9-2-1-8-6-12(20)18-11(8)5-9/h1-2,5,10H,3-4,6-7H2,(H,18,20). The number of carbonyl (C=O) groups excluding carboxylic acids is 2. The summed E-state index contributed by atoms with van der Waals surface area (Å²) < 4.78 is 37.8. The highest BCUT2D eigenvalue weighted by atomic mass is 19.4. The molecule has 2 amide bonds. The lowest BCUT2D eigenvalue weighted by molar-refractivity contribution is -0.141. The Morgan fingerprint density at radius 3 is 2.67 bits per heavy atom. The third kappa shape index (κ3) is 3.01. The van der Waals surface area contributed by atoms with E-state index in [9.17, 15) is 22.8 Å². The first-order valence-corrected chi connectivity index (χ1v) is 6.64. The molecule has 0 radical (unpaired) electrons. The Balaban J connectivity index is 1.83. The van der Waals surface area contributed by atoms with E-state index in [2.05, 4.69) is 5.32 Å². The van der Waals surface area contributed by atoms with Crippen LogP contribution in [0.4, 0.5) is 18.9 Å². The average molecular weight is 298 g/mol. The number of amides is 2. The Kier molecular flexibility index (Phi) is 3.15. The number of alkyl halides is 3. The fourth-order valence-electron chi connectivity index (χ4n) is 2.46. The second kappa shape index (κ2) is 4.75. The summed E-state index contributed by atoms with van der Waals surface area (Å²) in [6, 6.07) is 4.21. The van der Waals surface area contributed by atoms with E-state index in [1.54, 1.807) is 6.07 Å². The molecule has 0 unspecified atom stereocenters. The molecule has 0 atom stereocenters. The normalized spacial score (nSPS) is 17.4. The summed E-state index contributed by atoms with van der Waals surface area (Å²) >= 11 is 0. The number of rotatable bonds is 3. The van der Waals surface area contributed by atoms with Gasteiger partial charge in [0, 0.05) is 17.3 Å². The summed E-state index contributed by atoms with van der Waals surface area (Å²) in [7, 11) is 0. The van der Waals surface area contributed by atoms with Crippen molar-refractivity contribution >= 4 is 17.5 Å². The van der Waals surface area contributed by atoms with Crippen LogP contribution >= 0.6 is 0 Å². The van der Waals surface area contributed by atoms with Gasteiger partial charge in [0.05, 0.1) is 6.42 Å². The van der Waals surface area contributed by atoms with E-state index in [-0.39, 0.29) is 23.9 Å². The van der Waals surface area contributed by atoms with Crippen molar-refractivity contribution in [3.8, 4) is 0 Å². The van der Waals surface area contributed by atoms with Gasteiger partial charge in [-0.3, -0.25) is 9.59 Å². The van der Waals surface area contributed by atoms with Crippen molar-refractivity contribution in [1.29, 1.82) is 0 Å². The zero-order chi connectivity index (χ0) is 15.2. The molecule has 21 heavy (non-hydrogen) atoms. The molecule has 0 aromatic heterocycles. The van der Waals surface area contributed by atoms with E-state index in [0.717, 1.165) is 10.5 Å². The first-order valence-electron chi connectivity index (χ1n) is 6.64. The van der Waals surface area contributed by atoms with Crippen molar-refractivity contribution < 1.29 is 22.8 Å². The Morgan fingerprint density at radius 1 is 1.33 bits per heavy atom. The number of benzene rings is 1. The lowest BCUT2D eigenvalue weighted by atomic mass is 10.1. The molecule has 4 nitrogen and oxygen atoms in total. The van der Waals surface area contributed by atoms with Gasteiger partial charge in [0.1, 0.15) is 6.54 Å². The van der Waals surface area contributed by atoms with Gasteiger partial charge < -0.3 is 10.2 Å². The lowest BCUT2D eigenvalue weighted by Gasteiger charge is -2.24. The van der Waals surface area contributed by atoms with E-state index in [4.69, 9.17) is 0 Å². The Labute approximate surface area is 118 Å². The van der Waals surface area contributed by atoms with E-state index >= 15 is 0 Å². The van der Waals surface area contributed by atoms with Gasteiger partial charge in [-0.05, 0) is 30.5 Å². The molecule has 1 aromatic rings. The molecular formula is C14H13F3N2O2. The van der Waals surface area contributed by atoms with Crippen molar-refractivity contribution in [2.75, 3.05) is 11.9 Å². The summed E-state index contributed by atoms with van der Waals surface area (Å²) in [5.74, 6) is -0.817. The molecule has 1 N–H and O–H groups in total. The van der Waals surface area contributed by atoms with Gasteiger partial charge >= 0.3 is 6.18 Å². The van der Waals surface area contributed by atoms with Crippen LogP contribution in [0.3, 0.4) is 0 Å². The van der Waals surface area contributed by atoms with E-state index in [1.807, 2.05) is 0 Å². The number of carbonyl (C=O) groups is 2. The van der Waals surface area contributed by atoms with Crippen LogP contribution in [-0.2, 0) is 11.2 Å². The monoisotopic (exact) mass is 298 g/mol. The molecule has 1 heterocycles. The first kappa shape index (κ1) is 13.9. The fourth-order valence-corrected chi connectivity index (χ4v) is 2.46. The second-order valence-corrected chi connectivity index (χ2v) is 5.38. The first-order chi connectivity index (χ1) is 9.83. The Morgan fingerprint density at radius 2 is 2.05 bits per heavy atom. The van der Waals surface area contributed by atoms with Crippen molar-refractivity contribution in [1.82, 2.24) is 4.90 Å². The molecule has 0 saturated heterocycles.